The van der Waals surface area contributed by atoms with Crippen LogP contribution < -0.4 is 10.3 Å². The van der Waals surface area contributed by atoms with E-state index in [0.717, 1.165) is 12.8 Å². The van der Waals surface area contributed by atoms with Gasteiger partial charge in [0.15, 0.2) is 20.4 Å². The molecule has 1 saturated carbocycles. The van der Waals surface area contributed by atoms with Gasteiger partial charge in [0.05, 0.1) is 18.6 Å². The minimum atomic E-state index is -3.48. The fraction of sp³-hybridized carbons (Fsp3) is 0.368. The summed E-state index contributed by atoms with van der Waals surface area (Å²) in [6, 6.07) is 4.79. The van der Waals surface area contributed by atoms with Crippen molar-refractivity contribution in [2.24, 2.45) is 13.0 Å². The Kier molecular flexibility index (Phi) is 4.30. The largest absolute Gasteiger partial charge is 0.491 e. The molecule has 3 aromatic heterocycles. The maximum absolute atomic E-state index is 12.3. The van der Waals surface area contributed by atoms with Gasteiger partial charge in [-0.1, -0.05) is 6.92 Å². The van der Waals surface area contributed by atoms with Gasteiger partial charge in [0.25, 0.3) is 5.56 Å². The maximum Gasteiger partial charge on any atom is 0.293 e. The Morgan fingerprint density at radius 1 is 1.30 bits per heavy atom. The highest BCUT2D eigenvalue weighted by molar-refractivity contribution is 7.91. The molecular formula is C19H20N2O5S. The minimum Gasteiger partial charge on any atom is -0.491 e. The number of aryl methyl sites for hydroxylation is 1. The van der Waals surface area contributed by atoms with Crippen molar-refractivity contribution in [3.8, 4) is 17.0 Å². The van der Waals surface area contributed by atoms with Crippen molar-refractivity contribution < 1.29 is 17.6 Å². The van der Waals surface area contributed by atoms with Gasteiger partial charge < -0.3 is 13.7 Å². The molecule has 0 radical (unpaired) electrons. The molecule has 1 fully saturated rings. The van der Waals surface area contributed by atoms with Crippen molar-refractivity contribution in [2.45, 2.75) is 24.8 Å². The van der Waals surface area contributed by atoms with E-state index in [2.05, 4.69) is 4.98 Å². The second-order valence-electron chi connectivity index (χ2n) is 6.78. The molecule has 0 amide bonds. The van der Waals surface area contributed by atoms with Crippen molar-refractivity contribution in [1.29, 1.82) is 0 Å². The van der Waals surface area contributed by atoms with Gasteiger partial charge in [0.2, 0.25) is 0 Å². The summed E-state index contributed by atoms with van der Waals surface area (Å²) in [5.41, 5.74) is 0.928. The van der Waals surface area contributed by atoms with E-state index < -0.39 is 9.84 Å². The van der Waals surface area contributed by atoms with Crippen LogP contribution in [0.2, 0.25) is 0 Å². The van der Waals surface area contributed by atoms with E-state index in [1.807, 2.05) is 0 Å². The van der Waals surface area contributed by atoms with Crippen LogP contribution in [0.5, 0.6) is 5.75 Å². The zero-order valence-electron chi connectivity index (χ0n) is 15.1. The summed E-state index contributed by atoms with van der Waals surface area (Å²) in [7, 11) is -1.86. The molecule has 3 heterocycles. The number of rotatable bonds is 6. The fourth-order valence-corrected chi connectivity index (χ4v) is 3.71. The first-order valence-corrected chi connectivity index (χ1v) is 10.5. The molecule has 0 aliphatic heterocycles. The fourth-order valence-electron chi connectivity index (χ4n) is 2.91. The summed E-state index contributed by atoms with van der Waals surface area (Å²) in [4.78, 5) is 16.7. The number of furan rings is 1. The average Bonchev–Trinajstić information content (AvgIpc) is 3.36. The number of hydrogen-bond acceptors (Lipinski definition) is 6. The summed E-state index contributed by atoms with van der Waals surface area (Å²) in [5.74, 6) is 0.986. The van der Waals surface area contributed by atoms with Crippen LogP contribution >= 0.6 is 0 Å². The summed E-state index contributed by atoms with van der Waals surface area (Å²) in [6.07, 6.45) is 5.34. The SMILES string of the molecule is CCS(=O)(=O)c1ccc(OCC2CC2)c(-c2cn(C)c(=O)c3occc23)n1. The molecule has 0 aromatic carbocycles. The first-order valence-electron chi connectivity index (χ1n) is 8.84. The summed E-state index contributed by atoms with van der Waals surface area (Å²) in [6.45, 7) is 2.14. The van der Waals surface area contributed by atoms with Crippen LogP contribution in [0, 0.1) is 5.92 Å². The van der Waals surface area contributed by atoms with E-state index >= 15 is 0 Å². The van der Waals surface area contributed by atoms with Gasteiger partial charge in [-0.05, 0) is 37.0 Å². The summed E-state index contributed by atoms with van der Waals surface area (Å²) < 4.78 is 37.3. The maximum atomic E-state index is 12.3. The molecule has 27 heavy (non-hydrogen) atoms. The van der Waals surface area contributed by atoms with E-state index in [0.29, 0.717) is 34.9 Å². The Labute approximate surface area is 156 Å². The lowest BCUT2D eigenvalue weighted by atomic mass is 10.1. The highest BCUT2D eigenvalue weighted by Crippen LogP contribution is 2.36. The van der Waals surface area contributed by atoms with Crippen molar-refractivity contribution in [1.82, 2.24) is 9.55 Å². The van der Waals surface area contributed by atoms with Gasteiger partial charge >= 0.3 is 0 Å². The Hall–Kier alpha value is -2.61. The highest BCUT2D eigenvalue weighted by Gasteiger charge is 2.25. The van der Waals surface area contributed by atoms with Crippen LogP contribution in [-0.4, -0.2) is 30.3 Å². The average molecular weight is 388 g/mol. The normalized spacial score (nSPS) is 14.6. The lowest BCUT2D eigenvalue weighted by molar-refractivity contribution is 0.299. The Bertz CT molecular complexity index is 1170. The number of sulfone groups is 1. The lowest BCUT2D eigenvalue weighted by Crippen LogP contribution is -2.16. The smallest absolute Gasteiger partial charge is 0.293 e. The Morgan fingerprint density at radius 2 is 2.07 bits per heavy atom. The third-order valence-corrected chi connectivity index (χ3v) is 6.38. The first-order chi connectivity index (χ1) is 12.9. The molecule has 0 atom stereocenters. The predicted octanol–water partition coefficient (Wildman–Crippen LogP) is 2.78. The van der Waals surface area contributed by atoms with Crippen LogP contribution in [0.3, 0.4) is 0 Å². The third kappa shape index (κ3) is 3.25. The van der Waals surface area contributed by atoms with E-state index in [1.54, 1.807) is 32.3 Å². The van der Waals surface area contributed by atoms with Gasteiger partial charge in [-0.25, -0.2) is 13.4 Å². The van der Waals surface area contributed by atoms with Crippen LogP contribution in [-0.2, 0) is 16.9 Å². The molecule has 1 aliphatic rings. The standard InChI is InChI=1S/C19H20N2O5S/c1-3-27(23,24)16-7-6-15(26-11-12-4-5-12)17(20-16)14-10-21(2)19(22)18-13(14)8-9-25-18/h6-10,12H,3-5,11H2,1-2H3. The second-order valence-corrected chi connectivity index (χ2v) is 9.00. The van der Waals surface area contributed by atoms with Gasteiger partial charge in [0.1, 0.15) is 11.4 Å². The lowest BCUT2D eigenvalue weighted by Gasteiger charge is -2.13. The predicted molar refractivity (Wildman–Crippen MR) is 101 cm³/mol. The number of ether oxygens (including phenoxy) is 1. The zero-order chi connectivity index (χ0) is 19.2. The zero-order valence-corrected chi connectivity index (χ0v) is 16.0. The second kappa shape index (κ2) is 6.53. The van der Waals surface area contributed by atoms with Crippen LogP contribution in [0.15, 0.2) is 44.9 Å². The number of pyridine rings is 2. The molecule has 3 aromatic rings. The number of nitrogens with zero attached hydrogens (tertiary/aromatic N) is 2. The highest BCUT2D eigenvalue weighted by atomic mass is 32.2. The molecule has 4 rings (SSSR count). The van der Waals surface area contributed by atoms with Gasteiger partial charge in [0, 0.05) is 24.2 Å². The third-order valence-electron chi connectivity index (χ3n) is 4.75. The monoisotopic (exact) mass is 388 g/mol. The molecule has 0 bridgehead atoms. The number of aromatic nitrogens is 2. The van der Waals surface area contributed by atoms with Crippen molar-refractivity contribution in [3.63, 3.8) is 0 Å². The Balaban J connectivity index is 1.93. The molecule has 0 unspecified atom stereocenters. The molecular weight excluding hydrogens is 368 g/mol. The molecule has 0 N–H and O–H groups in total. The van der Waals surface area contributed by atoms with Gasteiger partial charge in [-0.3, -0.25) is 4.79 Å². The molecule has 142 valence electrons. The van der Waals surface area contributed by atoms with Crippen LogP contribution in [0.1, 0.15) is 19.8 Å². The number of fused-ring (bicyclic) bond motifs is 1. The van der Waals surface area contributed by atoms with Crippen molar-refractivity contribution in [3.05, 3.63) is 41.0 Å². The van der Waals surface area contributed by atoms with Crippen molar-refractivity contribution in [2.75, 3.05) is 12.4 Å². The van der Waals surface area contributed by atoms with Crippen LogP contribution in [0.4, 0.5) is 0 Å². The molecule has 1 aliphatic carbocycles. The van der Waals surface area contributed by atoms with Crippen LogP contribution in [0.25, 0.3) is 22.2 Å². The van der Waals surface area contributed by atoms with Gasteiger partial charge in [-0.15, -0.1) is 0 Å². The molecule has 0 saturated heterocycles. The quantitative estimate of drug-likeness (QED) is 0.645. The number of hydrogen-bond donors (Lipinski definition) is 0. The van der Waals surface area contributed by atoms with E-state index in [4.69, 9.17) is 9.15 Å². The molecule has 0 spiro atoms. The van der Waals surface area contributed by atoms with Crippen molar-refractivity contribution >= 4 is 20.8 Å². The van der Waals surface area contributed by atoms with E-state index in [-0.39, 0.29) is 21.9 Å². The topological polar surface area (TPSA) is 91.4 Å². The van der Waals surface area contributed by atoms with E-state index in [9.17, 15) is 13.2 Å². The minimum absolute atomic E-state index is 0.00994. The molecule has 8 heteroatoms. The van der Waals surface area contributed by atoms with E-state index in [1.165, 1.54) is 16.9 Å². The first kappa shape index (κ1) is 17.8. The Morgan fingerprint density at radius 3 is 2.78 bits per heavy atom. The summed E-state index contributed by atoms with van der Waals surface area (Å²) in [5, 5.41) is 0.567. The van der Waals surface area contributed by atoms with Gasteiger partial charge in [-0.2, -0.15) is 0 Å². The summed E-state index contributed by atoms with van der Waals surface area (Å²) >= 11 is 0. The molecule has 7 nitrogen and oxygen atoms in total.